The Morgan fingerprint density at radius 2 is 1.54 bits per heavy atom. The summed E-state index contributed by atoms with van der Waals surface area (Å²) in [5.74, 6) is 2.43. The number of hydrogen-bond donors (Lipinski definition) is 0. The van der Waals surface area contributed by atoms with Crippen molar-refractivity contribution < 1.29 is 14.2 Å². The van der Waals surface area contributed by atoms with Crippen LogP contribution in [0.5, 0.6) is 17.2 Å². The lowest BCUT2D eigenvalue weighted by Crippen LogP contribution is -2.05. The van der Waals surface area contributed by atoms with Gasteiger partial charge in [-0.05, 0) is 47.5 Å². The number of aryl methyl sites for hydroxylation is 1. The normalized spacial score (nSPS) is 10.6. The minimum Gasteiger partial charge on any atom is -0.493 e. The minimum absolute atomic E-state index is 0.590. The van der Waals surface area contributed by atoms with Gasteiger partial charge in [0.25, 0.3) is 0 Å². The smallest absolute Gasteiger partial charge is 0.161 e. The van der Waals surface area contributed by atoms with Gasteiger partial charge in [-0.15, -0.1) is 0 Å². The SMILES string of the molecule is COc1cc(C)ccc1OCCCOc1ccc2ccccc2c1. The van der Waals surface area contributed by atoms with E-state index in [0.29, 0.717) is 13.2 Å². The molecule has 0 aliphatic heterocycles. The standard InChI is InChI=1S/C21H22O3/c1-16-8-11-20(21(14-16)22-2)24-13-5-12-23-19-10-9-17-6-3-4-7-18(17)15-19/h3-4,6-11,14-15H,5,12-13H2,1-2H3. The summed E-state index contributed by atoms with van der Waals surface area (Å²) in [6, 6.07) is 20.4. The fourth-order valence-electron chi connectivity index (χ4n) is 2.58. The monoisotopic (exact) mass is 322 g/mol. The number of hydrogen-bond acceptors (Lipinski definition) is 3. The second-order valence-corrected chi connectivity index (χ2v) is 5.71. The molecule has 24 heavy (non-hydrogen) atoms. The van der Waals surface area contributed by atoms with E-state index in [0.717, 1.165) is 29.2 Å². The molecule has 124 valence electrons. The molecule has 3 heteroatoms. The van der Waals surface area contributed by atoms with Crippen molar-refractivity contribution in [3.8, 4) is 17.2 Å². The van der Waals surface area contributed by atoms with Crippen LogP contribution in [0.15, 0.2) is 60.7 Å². The third-order valence-electron chi connectivity index (χ3n) is 3.86. The summed E-state index contributed by atoms with van der Waals surface area (Å²) in [6.07, 6.45) is 0.809. The van der Waals surface area contributed by atoms with Crippen LogP contribution in [0.4, 0.5) is 0 Å². The van der Waals surface area contributed by atoms with E-state index in [1.54, 1.807) is 7.11 Å². The summed E-state index contributed by atoms with van der Waals surface area (Å²) in [5.41, 5.74) is 1.15. The maximum Gasteiger partial charge on any atom is 0.161 e. The largest absolute Gasteiger partial charge is 0.493 e. The molecule has 3 rings (SSSR count). The van der Waals surface area contributed by atoms with Crippen molar-refractivity contribution in [2.75, 3.05) is 20.3 Å². The van der Waals surface area contributed by atoms with Crippen molar-refractivity contribution in [3.63, 3.8) is 0 Å². The van der Waals surface area contributed by atoms with Gasteiger partial charge in [0.15, 0.2) is 11.5 Å². The first-order valence-corrected chi connectivity index (χ1v) is 8.15. The highest BCUT2D eigenvalue weighted by Crippen LogP contribution is 2.27. The van der Waals surface area contributed by atoms with E-state index in [-0.39, 0.29) is 0 Å². The van der Waals surface area contributed by atoms with Crippen LogP contribution in [0.2, 0.25) is 0 Å². The van der Waals surface area contributed by atoms with Gasteiger partial charge in [0.1, 0.15) is 5.75 Å². The van der Waals surface area contributed by atoms with Crippen LogP contribution in [0.25, 0.3) is 10.8 Å². The van der Waals surface area contributed by atoms with Gasteiger partial charge in [-0.1, -0.05) is 36.4 Å². The van der Waals surface area contributed by atoms with E-state index in [1.165, 1.54) is 10.8 Å². The molecule has 0 spiro atoms. The summed E-state index contributed by atoms with van der Waals surface area (Å²) in [6.45, 7) is 3.24. The van der Waals surface area contributed by atoms with Crippen molar-refractivity contribution in [1.82, 2.24) is 0 Å². The Hall–Kier alpha value is -2.68. The Morgan fingerprint density at radius 3 is 2.38 bits per heavy atom. The van der Waals surface area contributed by atoms with Gasteiger partial charge in [-0.3, -0.25) is 0 Å². The molecule has 0 aliphatic rings. The topological polar surface area (TPSA) is 27.7 Å². The highest BCUT2D eigenvalue weighted by Gasteiger charge is 2.04. The Balaban J connectivity index is 1.48. The quantitative estimate of drug-likeness (QED) is 0.573. The zero-order valence-electron chi connectivity index (χ0n) is 14.1. The van der Waals surface area contributed by atoms with Crippen molar-refractivity contribution in [3.05, 3.63) is 66.2 Å². The predicted molar refractivity (Wildman–Crippen MR) is 97.3 cm³/mol. The van der Waals surface area contributed by atoms with Crippen LogP contribution in [-0.2, 0) is 0 Å². The van der Waals surface area contributed by atoms with Crippen LogP contribution in [0.1, 0.15) is 12.0 Å². The Morgan fingerprint density at radius 1 is 0.750 bits per heavy atom. The van der Waals surface area contributed by atoms with E-state index < -0.39 is 0 Å². The first kappa shape index (κ1) is 16.2. The molecule has 0 amide bonds. The molecule has 3 nitrogen and oxygen atoms in total. The lowest BCUT2D eigenvalue weighted by molar-refractivity contribution is 0.240. The van der Waals surface area contributed by atoms with Crippen LogP contribution >= 0.6 is 0 Å². The summed E-state index contributed by atoms with van der Waals surface area (Å²) in [5, 5.41) is 2.41. The molecular weight excluding hydrogens is 300 g/mol. The van der Waals surface area contributed by atoms with E-state index in [9.17, 15) is 0 Å². The zero-order chi connectivity index (χ0) is 16.8. The summed E-state index contributed by atoms with van der Waals surface area (Å²) in [4.78, 5) is 0. The second-order valence-electron chi connectivity index (χ2n) is 5.71. The Labute approximate surface area is 142 Å². The van der Waals surface area contributed by atoms with E-state index in [4.69, 9.17) is 14.2 Å². The van der Waals surface area contributed by atoms with Crippen molar-refractivity contribution in [1.29, 1.82) is 0 Å². The maximum atomic E-state index is 5.82. The molecule has 0 atom stereocenters. The first-order chi connectivity index (χ1) is 11.8. The van der Waals surface area contributed by atoms with Gasteiger partial charge in [0, 0.05) is 6.42 Å². The molecule has 0 N–H and O–H groups in total. The fraction of sp³-hybridized carbons (Fsp3) is 0.238. The van der Waals surface area contributed by atoms with Gasteiger partial charge in [0.2, 0.25) is 0 Å². The van der Waals surface area contributed by atoms with Crippen molar-refractivity contribution in [2.45, 2.75) is 13.3 Å². The van der Waals surface area contributed by atoms with Crippen LogP contribution in [0.3, 0.4) is 0 Å². The number of rotatable bonds is 7. The molecule has 0 aliphatic carbocycles. The number of methoxy groups -OCH3 is 1. The average molecular weight is 322 g/mol. The second kappa shape index (κ2) is 7.73. The summed E-state index contributed by atoms with van der Waals surface area (Å²) >= 11 is 0. The third-order valence-corrected chi connectivity index (χ3v) is 3.86. The number of benzene rings is 3. The molecule has 3 aromatic rings. The fourth-order valence-corrected chi connectivity index (χ4v) is 2.58. The number of ether oxygens (including phenoxy) is 3. The summed E-state index contributed by atoms with van der Waals surface area (Å²) in [7, 11) is 1.66. The third kappa shape index (κ3) is 3.99. The van der Waals surface area contributed by atoms with Gasteiger partial charge in [-0.25, -0.2) is 0 Å². The highest BCUT2D eigenvalue weighted by molar-refractivity contribution is 5.83. The van der Waals surface area contributed by atoms with E-state index in [2.05, 4.69) is 24.3 Å². The highest BCUT2D eigenvalue weighted by atomic mass is 16.5. The van der Waals surface area contributed by atoms with Gasteiger partial charge >= 0.3 is 0 Å². The van der Waals surface area contributed by atoms with Crippen molar-refractivity contribution >= 4 is 10.8 Å². The molecular formula is C21H22O3. The Kier molecular flexibility index (Phi) is 5.22. The predicted octanol–water partition coefficient (Wildman–Crippen LogP) is 5.00. The molecule has 0 aromatic heterocycles. The van der Waals surface area contributed by atoms with Gasteiger partial charge in [-0.2, -0.15) is 0 Å². The average Bonchev–Trinajstić information content (AvgIpc) is 2.62. The molecule has 0 radical (unpaired) electrons. The van der Waals surface area contributed by atoms with Crippen molar-refractivity contribution in [2.24, 2.45) is 0 Å². The van der Waals surface area contributed by atoms with Crippen LogP contribution in [-0.4, -0.2) is 20.3 Å². The lowest BCUT2D eigenvalue weighted by atomic mass is 10.1. The zero-order valence-corrected chi connectivity index (χ0v) is 14.1. The lowest BCUT2D eigenvalue weighted by Gasteiger charge is -2.12. The van der Waals surface area contributed by atoms with Gasteiger partial charge in [0.05, 0.1) is 20.3 Å². The molecule has 0 unspecified atom stereocenters. The van der Waals surface area contributed by atoms with Gasteiger partial charge < -0.3 is 14.2 Å². The molecule has 0 bridgehead atoms. The van der Waals surface area contributed by atoms with Crippen LogP contribution < -0.4 is 14.2 Å². The number of fused-ring (bicyclic) bond motifs is 1. The first-order valence-electron chi connectivity index (χ1n) is 8.15. The van der Waals surface area contributed by atoms with Crippen LogP contribution in [0, 0.1) is 6.92 Å². The van der Waals surface area contributed by atoms with E-state index in [1.807, 2.05) is 43.3 Å². The maximum absolute atomic E-state index is 5.82. The molecule has 0 saturated heterocycles. The molecule has 3 aromatic carbocycles. The summed E-state index contributed by atoms with van der Waals surface area (Å²) < 4.78 is 16.9. The minimum atomic E-state index is 0.590. The van der Waals surface area contributed by atoms with E-state index >= 15 is 0 Å². The Bertz CT molecular complexity index is 811. The molecule has 0 saturated carbocycles. The molecule has 0 heterocycles. The molecule has 0 fully saturated rings.